The highest BCUT2D eigenvalue weighted by Gasteiger charge is 2.34. The van der Waals surface area contributed by atoms with Crippen LogP contribution in [0.3, 0.4) is 0 Å². The highest BCUT2D eigenvalue weighted by molar-refractivity contribution is 6.30. The average molecular weight is 414 g/mol. The van der Waals surface area contributed by atoms with Crippen molar-refractivity contribution in [3.8, 4) is 0 Å². The number of hydrogen-bond acceptors (Lipinski definition) is 4. The van der Waals surface area contributed by atoms with E-state index in [9.17, 15) is 9.59 Å². The van der Waals surface area contributed by atoms with Gasteiger partial charge in [-0.2, -0.15) is 0 Å². The Morgan fingerprint density at radius 2 is 1.90 bits per heavy atom. The molecule has 0 aromatic heterocycles. The summed E-state index contributed by atoms with van der Waals surface area (Å²) in [7, 11) is 1.33. The predicted molar refractivity (Wildman–Crippen MR) is 112 cm³/mol. The summed E-state index contributed by atoms with van der Waals surface area (Å²) < 4.78 is 5.03. The van der Waals surface area contributed by atoms with Crippen LogP contribution in [0.4, 0.5) is 4.79 Å². The van der Waals surface area contributed by atoms with Crippen LogP contribution >= 0.6 is 11.6 Å². The number of amides is 2. The minimum absolute atomic E-state index is 0.367. The number of likely N-dealkylation sites (N-methyl/N-ethyl adjacent to an activating group) is 1. The third-order valence-corrected chi connectivity index (χ3v) is 5.05. The van der Waals surface area contributed by atoms with Crippen LogP contribution in [0, 0.1) is 0 Å². The Balaban J connectivity index is 1.96. The summed E-state index contributed by atoms with van der Waals surface area (Å²) in [6.07, 6.45) is 0. The Bertz CT molecular complexity index is 915. The van der Waals surface area contributed by atoms with E-state index in [2.05, 4.69) is 15.5 Å². The van der Waals surface area contributed by atoms with Gasteiger partial charge in [0, 0.05) is 23.8 Å². The maximum Gasteiger partial charge on any atom is 0.338 e. The van der Waals surface area contributed by atoms with Gasteiger partial charge in [-0.05, 0) is 29.8 Å². The number of rotatable bonds is 7. The zero-order valence-corrected chi connectivity index (χ0v) is 17.2. The third-order valence-electron chi connectivity index (χ3n) is 4.82. The molecular formula is C22H24ClN3O3. The van der Waals surface area contributed by atoms with E-state index >= 15 is 0 Å². The van der Waals surface area contributed by atoms with Crippen molar-refractivity contribution < 1.29 is 14.3 Å². The number of nitrogens with zero attached hydrogens (tertiary/aromatic N) is 1. The van der Waals surface area contributed by atoms with Gasteiger partial charge >= 0.3 is 12.0 Å². The number of carbonyl (C=O) groups excluding carboxylic acids is 2. The van der Waals surface area contributed by atoms with Gasteiger partial charge in [0.15, 0.2) is 0 Å². The van der Waals surface area contributed by atoms with Gasteiger partial charge in [-0.3, -0.25) is 4.90 Å². The molecule has 2 aromatic rings. The molecule has 1 atom stereocenters. The van der Waals surface area contributed by atoms with E-state index < -0.39 is 12.0 Å². The van der Waals surface area contributed by atoms with Gasteiger partial charge in [0.2, 0.25) is 0 Å². The van der Waals surface area contributed by atoms with Gasteiger partial charge < -0.3 is 15.4 Å². The summed E-state index contributed by atoms with van der Waals surface area (Å²) in [4.78, 5) is 27.2. The average Bonchev–Trinajstić information content (AvgIpc) is 2.73. The molecule has 2 amide bonds. The van der Waals surface area contributed by atoms with E-state index in [-0.39, 0.29) is 6.03 Å². The normalized spacial score (nSPS) is 16.4. The van der Waals surface area contributed by atoms with Crippen LogP contribution in [-0.2, 0) is 16.1 Å². The third kappa shape index (κ3) is 5.16. The van der Waals surface area contributed by atoms with Crippen molar-refractivity contribution in [1.29, 1.82) is 0 Å². The molecule has 0 spiro atoms. The summed E-state index contributed by atoms with van der Waals surface area (Å²) in [6, 6.07) is 16.1. The second kappa shape index (κ2) is 9.58. The van der Waals surface area contributed by atoms with Crippen molar-refractivity contribution in [2.24, 2.45) is 0 Å². The molecule has 152 valence electrons. The minimum Gasteiger partial charge on any atom is -0.466 e. The maximum absolute atomic E-state index is 12.7. The fourth-order valence-corrected chi connectivity index (χ4v) is 3.57. The van der Waals surface area contributed by atoms with E-state index in [1.807, 2.05) is 43.3 Å². The first-order chi connectivity index (χ1) is 14.0. The molecule has 0 fully saturated rings. The molecule has 2 N–H and O–H groups in total. The van der Waals surface area contributed by atoms with Gasteiger partial charge in [-0.25, -0.2) is 9.59 Å². The molecule has 7 heteroatoms. The number of urea groups is 1. The zero-order chi connectivity index (χ0) is 20.8. The van der Waals surface area contributed by atoms with Gasteiger partial charge in [0.25, 0.3) is 0 Å². The molecule has 1 heterocycles. The van der Waals surface area contributed by atoms with Gasteiger partial charge in [-0.15, -0.1) is 0 Å². The number of ether oxygens (including phenoxy) is 1. The molecule has 0 unspecified atom stereocenters. The number of methoxy groups -OCH3 is 1. The SMILES string of the molecule is CCN(CC1=C(C(=O)OC)[C@H](c2cccc(Cl)c2)NC(=O)N1)Cc1ccccc1. The summed E-state index contributed by atoms with van der Waals surface area (Å²) >= 11 is 6.13. The molecule has 0 bridgehead atoms. The largest absolute Gasteiger partial charge is 0.466 e. The molecule has 1 aliphatic heterocycles. The molecule has 1 aliphatic rings. The first-order valence-electron chi connectivity index (χ1n) is 9.42. The van der Waals surface area contributed by atoms with Crippen LogP contribution in [-0.4, -0.2) is 37.1 Å². The maximum atomic E-state index is 12.7. The van der Waals surface area contributed by atoms with Crippen LogP contribution in [0.1, 0.15) is 24.1 Å². The van der Waals surface area contributed by atoms with Crippen LogP contribution in [0.25, 0.3) is 0 Å². The second-order valence-electron chi connectivity index (χ2n) is 6.76. The zero-order valence-electron chi connectivity index (χ0n) is 16.4. The highest BCUT2D eigenvalue weighted by Crippen LogP contribution is 2.29. The quantitative estimate of drug-likeness (QED) is 0.680. The fraction of sp³-hybridized carbons (Fsp3) is 0.273. The Morgan fingerprint density at radius 3 is 2.55 bits per heavy atom. The molecule has 29 heavy (non-hydrogen) atoms. The van der Waals surface area contributed by atoms with Crippen molar-refractivity contribution in [1.82, 2.24) is 15.5 Å². The number of nitrogens with one attached hydrogen (secondary N) is 2. The lowest BCUT2D eigenvalue weighted by atomic mass is 9.95. The summed E-state index contributed by atoms with van der Waals surface area (Å²) in [5.74, 6) is -0.492. The molecule has 0 saturated carbocycles. The van der Waals surface area contributed by atoms with Crippen LogP contribution in [0.2, 0.25) is 5.02 Å². The summed E-state index contributed by atoms with van der Waals surface area (Å²) in [5, 5.41) is 6.14. The Hall–Kier alpha value is -2.83. The van der Waals surface area contributed by atoms with Crippen molar-refractivity contribution in [2.45, 2.75) is 19.5 Å². The summed E-state index contributed by atoms with van der Waals surface area (Å²) in [6.45, 7) is 3.89. The monoisotopic (exact) mass is 413 g/mol. The topological polar surface area (TPSA) is 70.7 Å². The first kappa shape index (κ1) is 20.9. The molecular weight excluding hydrogens is 390 g/mol. The Labute approximate surface area is 175 Å². The van der Waals surface area contributed by atoms with Crippen LogP contribution < -0.4 is 10.6 Å². The Morgan fingerprint density at radius 1 is 1.14 bits per heavy atom. The standard InChI is InChI=1S/C22H24ClN3O3/c1-3-26(13-15-8-5-4-6-9-15)14-18-19(21(27)29-2)20(25-22(28)24-18)16-10-7-11-17(23)12-16/h4-12,20H,3,13-14H2,1-2H3,(H2,24,25,28)/t20-/m0/s1. The molecule has 3 rings (SSSR count). The first-order valence-corrected chi connectivity index (χ1v) is 9.80. The number of benzene rings is 2. The van der Waals surface area contributed by atoms with E-state index in [1.165, 1.54) is 7.11 Å². The highest BCUT2D eigenvalue weighted by atomic mass is 35.5. The number of carbonyl (C=O) groups is 2. The van der Waals surface area contributed by atoms with Crippen molar-refractivity contribution >= 4 is 23.6 Å². The lowest BCUT2D eigenvalue weighted by molar-refractivity contribution is -0.136. The molecule has 0 saturated heterocycles. The molecule has 0 aliphatic carbocycles. The van der Waals surface area contributed by atoms with Crippen molar-refractivity contribution in [2.75, 3.05) is 20.2 Å². The lowest BCUT2D eigenvalue weighted by Gasteiger charge is -2.31. The van der Waals surface area contributed by atoms with E-state index in [4.69, 9.17) is 16.3 Å². The van der Waals surface area contributed by atoms with E-state index in [0.29, 0.717) is 29.4 Å². The van der Waals surface area contributed by atoms with E-state index in [1.54, 1.807) is 18.2 Å². The fourth-order valence-electron chi connectivity index (χ4n) is 3.37. The lowest BCUT2D eigenvalue weighted by Crippen LogP contribution is -2.48. The summed E-state index contributed by atoms with van der Waals surface area (Å²) in [5.41, 5.74) is 2.78. The molecule has 2 aromatic carbocycles. The number of hydrogen-bond donors (Lipinski definition) is 2. The minimum atomic E-state index is -0.639. The van der Waals surface area contributed by atoms with E-state index in [0.717, 1.165) is 17.7 Å². The number of esters is 1. The van der Waals surface area contributed by atoms with Gasteiger partial charge in [-0.1, -0.05) is 61.0 Å². The number of halogens is 1. The predicted octanol–water partition coefficient (Wildman–Crippen LogP) is 3.64. The molecule has 0 radical (unpaired) electrons. The van der Waals surface area contributed by atoms with Crippen LogP contribution in [0.5, 0.6) is 0 Å². The second-order valence-corrected chi connectivity index (χ2v) is 7.20. The Kier molecular flexibility index (Phi) is 6.90. The van der Waals surface area contributed by atoms with Crippen LogP contribution in [0.15, 0.2) is 65.9 Å². The molecule has 6 nitrogen and oxygen atoms in total. The van der Waals surface area contributed by atoms with Gasteiger partial charge in [0.1, 0.15) is 0 Å². The van der Waals surface area contributed by atoms with Crippen molar-refractivity contribution in [3.05, 3.63) is 82.0 Å². The smallest absolute Gasteiger partial charge is 0.338 e. The van der Waals surface area contributed by atoms with Gasteiger partial charge in [0.05, 0.1) is 18.7 Å². The van der Waals surface area contributed by atoms with Crippen molar-refractivity contribution in [3.63, 3.8) is 0 Å².